The third-order valence-corrected chi connectivity index (χ3v) is 10.7. The summed E-state index contributed by atoms with van der Waals surface area (Å²) in [5.74, 6) is -4.94. The number of Topliss-reactive ketones (excluding diaryl/α,β-unsaturated/α-hetero) is 1. The van der Waals surface area contributed by atoms with E-state index in [0.29, 0.717) is 12.0 Å². The van der Waals surface area contributed by atoms with Crippen molar-refractivity contribution in [3.8, 4) is 0 Å². The van der Waals surface area contributed by atoms with Crippen LogP contribution in [0.15, 0.2) is 30.3 Å². The molecule has 36 heavy (non-hydrogen) atoms. The van der Waals surface area contributed by atoms with Gasteiger partial charge in [-0.15, -0.1) is 0 Å². The average Bonchev–Trinajstić information content (AvgIpc) is 3.49. The van der Waals surface area contributed by atoms with Crippen LogP contribution in [0.25, 0.3) is 0 Å². The number of hydrogen-bond donors (Lipinski definition) is 3. The summed E-state index contributed by atoms with van der Waals surface area (Å²) in [6.07, 6.45) is -2.63. The Bertz CT molecular complexity index is 1130. The van der Waals surface area contributed by atoms with Gasteiger partial charge < -0.3 is 34.3 Å². The number of epoxide rings is 1. The van der Waals surface area contributed by atoms with Crippen molar-refractivity contribution in [1.29, 1.82) is 0 Å². The zero-order chi connectivity index (χ0) is 25.6. The van der Waals surface area contributed by atoms with Crippen LogP contribution in [0.3, 0.4) is 0 Å². The van der Waals surface area contributed by atoms with E-state index < -0.39 is 88.6 Å². The molecule has 0 amide bonds. The van der Waals surface area contributed by atoms with Gasteiger partial charge in [0, 0.05) is 23.3 Å². The van der Waals surface area contributed by atoms with Crippen LogP contribution in [-0.4, -0.2) is 76.3 Å². The number of ether oxygens (including phenoxy) is 4. The number of fused-ring (bicyclic) bond motifs is 3. The molecule has 7 rings (SSSR count). The van der Waals surface area contributed by atoms with Gasteiger partial charge in [0.15, 0.2) is 11.4 Å². The minimum Gasteiger partial charge on any atom is -0.393 e. The second-order valence-corrected chi connectivity index (χ2v) is 12.3. The summed E-state index contributed by atoms with van der Waals surface area (Å²) in [4.78, 5) is 13.6. The monoisotopic (exact) mass is 496 g/mol. The molecule has 3 saturated heterocycles. The molecule has 3 aliphatic heterocycles. The summed E-state index contributed by atoms with van der Waals surface area (Å²) >= 11 is 0. The number of hydrogen-bond acceptors (Lipinski definition) is 8. The summed E-state index contributed by atoms with van der Waals surface area (Å²) in [7, 11) is 7.06. The van der Waals surface area contributed by atoms with E-state index in [0.717, 1.165) is 0 Å². The van der Waals surface area contributed by atoms with Crippen LogP contribution in [0.1, 0.15) is 39.7 Å². The number of aliphatic hydroxyl groups excluding tert-OH is 2. The van der Waals surface area contributed by atoms with Crippen molar-refractivity contribution in [2.75, 3.05) is 6.61 Å². The van der Waals surface area contributed by atoms with Crippen LogP contribution in [0.2, 0.25) is 5.82 Å². The summed E-state index contributed by atoms with van der Waals surface area (Å²) in [6.45, 7) is 7.27. The molecule has 9 heteroatoms. The molecule has 1 unspecified atom stereocenters. The van der Waals surface area contributed by atoms with E-state index in [2.05, 4.69) is 0 Å². The minimum atomic E-state index is -2.17. The first-order valence-electron chi connectivity index (χ1n) is 13.1. The molecule has 0 spiro atoms. The highest BCUT2D eigenvalue weighted by atomic mass is 16.9. The van der Waals surface area contributed by atoms with E-state index in [1.165, 1.54) is 0 Å². The molecule has 3 aliphatic carbocycles. The lowest BCUT2D eigenvalue weighted by molar-refractivity contribution is -0.442. The number of ketones is 1. The third-order valence-electron chi connectivity index (χ3n) is 10.7. The number of carbonyl (C=O) groups excluding carboxylic acids is 1. The number of aliphatic hydroxyl groups is 3. The lowest BCUT2D eigenvalue weighted by atomic mass is 9.45. The Morgan fingerprint density at radius 1 is 1.11 bits per heavy atom. The topological polar surface area (TPSA) is 118 Å². The standard InChI is InChI=1S/C27H33BO8/c1-12(2)25-18(28)14(4)26-16-10-13(3)19(30)24(16,32)22(31)23(11-29)20(33-23)17(26)21(25)34-27(35-25,36-26)15-8-6-5-7-9-15/h5-9,12-14,16-18,20-22,29,31-32H,10-11H2,1-4H3/t13-,14+,16+,17-,18+,20-,21+,22+,23-,24+,25-,26-,27?/m0/s1. The van der Waals surface area contributed by atoms with Crippen LogP contribution in [-0.2, 0) is 29.7 Å². The second-order valence-electron chi connectivity index (χ2n) is 12.3. The Morgan fingerprint density at radius 2 is 1.81 bits per heavy atom. The molecule has 3 bridgehead atoms. The number of benzene rings is 1. The van der Waals surface area contributed by atoms with E-state index in [9.17, 15) is 20.1 Å². The van der Waals surface area contributed by atoms with E-state index in [1.807, 2.05) is 51.1 Å². The van der Waals surface area contributed by atoms with Crippen LogP contribution < -0.4 is 0 Å². The summed E-state index contributed by atoms with van der Waals surface area (Å²) < 4.78 is 26.8. The van der Waals surface area contributed by atoms with Crippen molar-refractivity contribution in [1.82, 2.24) is 0 Å². The fourth-order valence-electron chi connectivity index (χ4n) is 8.96. The lowest BCUT2D eigenvalue weighted by Crippen LogP contribution is -2.74. The van der Waals surface area contributed by atoms with Gasteiger partial charge in [0.2, 0.25) is 0 Å². The molecule has 1 aromatic carbocycles. The molecule has 3 N–H and O–H groups in total. The fraction of sp³-hybridized carbons (Fsp3) is 0.741. The molecule has 3 heterocycles. The van der Waals surface area contributed by atoms with Crippen LogP contribution in [0.5, 0.6) is 0 Å². The first kappa shape index (κ1) is 23.8. The number of rotatable bonds is 3. The van der Waals surface area contributed by atoms with Gasteiger partial charge in [-0.3, -0.25) is 4.79 Å². The molecule has 1 aromatic rings. The number of carbonyl (C=O) groups is 1. The maximum absolute atomic E-state index is 13.6. The zero-order valence-electron chi connectivity index (χ0n) is 21.0. The highest BCUT2D eigenvalue weighted by Crippen LogP contribution is 2.76. The van der Waals surface area contributed by atoms with Crippen molar-refractivity contribution in [3.05, 3.63) is 35.9 Å². The Balaban J connectivity index is 1.54. The molecule has 8 nitrogen and oxygen atoms in total. The molecule has 2 radical (unpaired) electrons. The summed E-state index contributed by atoms with van der Waals surface area (Å²) in [6, 6.07) is 9.38. The van der Waals surface area contributed by atoms with Crippen molar-refractivity contribution >= 4 is 13.6 Å². The third kappa shape index (κ3) is 2.21. The fourth-order valence-corrected chi connectivity index (χ4v) is 8.96. The van der Waals surface area contributed by atoms with Gasteiger partial charge in [-0.1, -0.05) is 58.0 Å². The molecule has 3 saturated carbocycles. The minimum absolute atomic E-state index is 0.0799. The van der Waals surface area contributed by atoms with Gasteiger partial charge in [0.05, 0.1) is 25.7 Å². The molecule has 13 atom stereocenters. The summed E-state index contributed by atoms with van der Waals surface area (Å²) in [5.41, 5.74) is -5.19. The Hall–Kier alpha value is -1.33. The summed E-state index contributed by atoms with van der Waals surface area (Å²) in [5, 5.41) is 34.3. The van der Waals surface area contributed by atoms with Gasteiger partial charge in [-0.2, -0.15) is 0 Å². The Kier molecular flexibility index (Phi) is 4.49. The van der Waals surface area contributed by atoms with Crippen molar-refractivity contribution in [2.24, 2.45) is 29.6 Å². The Morgan fingerprint density at radius 3 is 2.44 bits per heavy atom. The largest absolute Gasteiger partial charge is 0.393 e. The molecule has 6 fully saturated rings. The predicted molar refractivity (Wildman–Crippen MR) is 126 cm³/mol. The normalized spacial score (nSPS) is 58.4. The van der Waals surface area contributed by atoms with Gasteiger partial charge in [0.1, 0.15) is 23.9 Å². The molecule has 192 valence electrons. The van der Waals surface area contributed by atoms with E-state index in [-0.39, 0.29) is 5.92 Å². The smallest absolute Gasteiger partial charge is 0.313 e. The second kappa shape index (κ2) is 6.81. The molecular weight excluding hydrogens is 463 g/mol. The maximum atomic E-state index is 13.6. The average molecular weight is 496 g/mol. The van der Waals surface area contributed by atoms with Crippen molar-refractivity contribution in [3.63, 3.8) is 0 Å². The Labute approximate surface area is 211 Å². The van der Waals surface area contributed by atoms with Gasteiger partial charge >= 0.3 is 5.97 Å². The molecule has 0 aromatic heterocycles. The van der Waals surface area contributed by atoms with Crippen molar-refractivity contribution < 1.29 is 39.1 Å². The highest BCUT2D eigenvalue weighted by Gasteiger charge is 2.89. The molecular formula is C27H33BO8. The lowest BCUT2D eigenvalue weighted by Gasteiger charge is -2.62. The predicted octanol–water partition coefficient (Wildman–Crippen LogP) is 1.06. The zero-order valence-corrected chi connectivity index (χ0v) is 21.0. The maximum Gasteiger partial charge on any atom is 0.313 e. The van der Waals surface area contributed by atoms with Gasteiger partial charge in [-0.05, 0) is 24.1 Å². The van der Waals surface area contributed by atoms with E-state index >= 15 is 0 Å². The van der Waals surface area contributed by atoms with Crippen LogP contribution >= 0.6 is 0 Å². The SMILES string of the molecule is [B][C@@H]1[C@@H](C)[C@@]23OC4(c5ccccc5)O[C@H]([C@@H]2[C@@H]2O[C@]2(CO)[C@@H](O)[C@]2(O)C(=O)[C@@H](C)C[C@H]23)[C@@]1(C(C)C)O4. The van der Waals surface area contributed by atoms with Crippen LogP contribution in [0, 0.1) is 29.6 Å². The van der Waals surface area contributed by atoms with Gasteiger partial charge in [-0.25, -0.2) is 0 Å². The first-order chi connectivity index (χ1) is 17.0. The quantitative estimate of drug-likeness (QED) is 0.420. The highest BCUT2D eigenvalue weighted by molar-refractivity contribution is 6.13. The van der Waals surface area contributed by atoms with Crippen LogP contribution in [0.4, 0.5) is 0 Å². The van der Waals surface area contributed by atoms with E-state index in [1.54, 1.807) is 6.92 Å². The molecule has 6 aliphatic rings. The first-order valence-corrected chi connectivity index (χ1v) is 13.1. The van der Waals surface area contributed by atoms with E-state index in [4.69, 9.17) is 26.8 Å². The van der Waals surface area contributed by atoms with Crippen molar-refractivity contribution in [2.45, 2.75) is 86.6 Å². The van der Waals surface area contributed by atoms with Gasteiger partial charge in [0.25, 0.3) is 0 Å².